The lowest BCUT2D eigenvalue weighted by atomic mass is 10.0. The van der Waals surface area contributed by atoms with Crippen molar-refractivity contribution in [2.24, 2.45) is 0 Å². The fraction of sp³-hybridized carbons (Fsp3) is 0.803. The van der Waals surface area contributed by atoms with Crippen molar-refractivity contribution in [3.05, 3.63) is 72.9 Å². The zero-order chi connectivity index (χ0) is 59.2. The smallest absolute Gasteiger partial charge is 0.306 e. The number of carbonyl (C=O) groups excluding carboxylic acids is 3. The van der Waals surface area contributed by atoms with E-state index in [4.69, 9.17) is 14.2 Å². The van der Waals surface area contributed by atoms with Crippen LogP contribution in [-0.2, 0) is 28.6 Å². The van der Waals surface area contributed by atoms with Gasteiger partial charge in [0, 0.05) is 19.3 Å². The number of hydrogen-bond acceptors (Lipinski definition) is 6. The van der Waals surface area contributed by atoms with Crippen molar-refractivity contribution in [1.29, 1.82) is 0 Å². The van der Waals surface area contributed by atoms with Gasteiger partial charge in [0.1, 0.15) is 13.2 Å². The normalized spacial score (nSPS) is 12.5. The monoisotopic (exact) mass is 1150 g/mol. The minimum absolute atomic E-state index is 0.0779. The Morgan fingerprint density at radius 2 is 0.439 bits per heavy atom. The summed E-state index contributed by atoms with van der Waals surface area (Å²) >= 11 is 0. The lowest BCUT2D eigenvalue weighted by molar-refractivity contribution is -0.167. The van der Waals surface area contributed by atoms with Gasteiger partial charge in [-0.05, 0) is 116 Å². The Morgan fingerprint density at radius 3 is 0.695 bits per heavy atom. The van der Waals surface area contributed by atoms with Gasteiger partial charge in [-0.15, -0.1) is 0 Å². The third-order valence-corrected chi connectivity index (χ3v) is 15.9. The number of rotatable bonds is 66. The molecule has 1 unspecified atom stereocenters. The van der Waals surface area contributed by atoms with Gasteiger partial charge >= 0.3 is 17.9 Å². The predicted molar refractivity (Wildman–Crippen MR) is 358 cm³/mol. The molecule has 0 aliphatic heterocycles. The summed E-state index contributed by atoms with van der Waals surface area (Å²) in [4.78, 5) is 38.5. The minimum Gasteiger partial charge on any atom is -0.462 e. The molecule has 0 bridgehead atoms. The van der Waals surface area contributed by atoms with Crippen LogP contribution in [0.15, 0.2) is 72.9 Å². The standard InChI is InChI=1S/C76H136O6/c1-4-7-10-13-16-19-22-25-28-30-32-34-36-38-40-42-44-46-48-51-54-57-60-63-66-69-75(78)81-72-73(71-80-74(77)68-65-62-59-56-53-50-27-24-21-18-15-12-9-6-3)82-76(79)70-67-64-61-58-55-52-49-47-45-43-41-39-37-35-33-31-29-26-23-20-17-14-11-8-5-2/h22-27,30-33,36,38,73H,4-21,28-29,34-35,37,39-72H2,1-3H3/b25-22-,26-23-,27-24-,32-30-,33-31-,38-36-. The Labute approximate surface area is 510 Å². The highest BCUT2D eigenvalue weighted by Crippen LogP contribution is 2.17. The van der Waals surface area contributed by atoms with Gasteiger partial charge in [-0.25, -0.2) is 0 Å². The molecule has 1 atom stereocenters. The molecule has 0 spiro atoms. The largest absolute Gasteiger partial charge is 0.462 e. The fourth-order valence-corrected chi connectivity index (χ4v) is 10.5. The second kappa shape index (κ2) is 70.3. The number of hydrogen-bond donors (Lipinski definition) is 0. The van der Waals surface area contributed by atoms with Gasteiger partial charge in [0.05, 0.1) is 0 Å². The van der Waals surface area contributed by atoms with E-state index in [0.717, 1.165) is 83.5 Å². The topological polar surface area (TPSA) is 78.9 Å². The molecule has 0 amide bonds. The van der Waals surface area contributed by atoms with Crippen molar-refractivity contribution in [1.82, 2.24) is 0 Å². The van der Waals surface area contributed by atoms with Crippen molar-refractivity contribution >= 4 is 17.9 Å². The molecule has 0 aliphatic rings. The van der Waals surface area contributed by atoms with E-state index in [1.165, 1.54) is 250 Å². The van der Waals surface area contributed by atoms with Crippen LogP contribution in [0.1, 0.15) is 374 Å². The van der Waals surface area contributed by atoms with E-state index >= 15 is 0 Å². The Kier molecular flexibility index (Phi) is 67.6. The molecule has 0 saturated heterocycles. The van der Waals surface area contributed by atoms with Crippen molar-refractivity contribution in [3.63, 3.8) is 0 Å². The summed E-state index contributed by atoms with van der Waals surface area (Å²) in [5.74, 6) is -0.870. The van der Waals surface area contributed by atoms with Gasteiger partial charge < -0.3 is 14.2 Å². The first-order chi connectivity index (χ1) is 40.5. The average molecular weight is 1150 g/mol. The molecule has 82 heavy (non-hydrogen) atoms. The van der Waals surface area contributed by atoms with Gasteiger partial charge in [0.15, 0.2) is 6.10 Å². The summed E-state index contributed by atoms with van der Waals surface area (Å²) in [5, 5.41) is 0. The maximum atomic E-state index is 13.0. The second-order valence-electron chi connectivity index (χ2n) is 24.1. The third-order valence-electron chi connectivity index (χ3n) is 15.9. The van der Waals surface area contributed by atoms with Crippen LogP contribution in [-0.4, -0.2) is 37.2 Å². The molecule has 0 aromatic rings. The highest BCUT2D eigenvalue weighted by atomic mass is 16.6. The number of carbonyl (C=O) groups is 3. The molecular formula is C76H136O6. The quantitative estimate of drug-likeness (QED) is 0.0261. The van der Waals surface area contributed by atoms with E-state index in [0.29, 0.717) is 19.3 Å². The van der Waals surface area contributed by atoms with E-state index in [1.54, 1.807) is 0 Å². The molecule has 0 fully saturated rings. The first-order valence-electron chi connectivity index (χ1n) is 35.9. The third kappa shape index (κ3) is 67.6. The molecule has 0 radical (unpaired) electrons. The molecule has 476 valence electrons. The number of unbranched alkanes of at least 4 members (excludes halogenated alkanes) is 43. The predicted octanol–water partition coefficient (Wildman–Crippen LogP) is 24.8. The Bertz CT molecular complexity index is 1500. The molecule has 0 aromatic heterocycles. The van der Waals surface area contributed by atoms with Crippen molar-refractivity contribution in [2.45, 2.75) is 380 Å². The van der Waals surface area contributed by atoms with Crippen LogP contribution in [0.2, 0.25) is 0 Å². The minimum atomic E-state index is -0.782. The summed E-state index contributed by atoms with van der Waals surface area (Å²) in [6.45, 7) is 6.65. The van der Waals surface area contributed by atoms with E-state index in [-0.39, 0.29) is 31.1 Å². The molecule has 0 aromatic carbocycles. The summed E-state index contributed by atoms with van der Waals surface area (Å²) in [6.07, 6.45) is 92.1. The van der Waals surface area contributed by atoms with Crippen LogP contribution in [0.25, 0.3) is 0 Å². The van der Waals surface area contributed by atoms with Gasteiger partial charge in [-0.1, -0.05) is 312 Å². The Balaban J connectivity index is 4.30. The molecule has 0 saturated carbocycles. The van der Waals surface area contributed by atoms with Gasteiger partial charge in [0.25, 0.3) is 0 Å². The summed E-state index contributed by atoms with van der Waals surface area (Å²) in [7, 11) is 0. The molecule has 6 nitrogen and oxygen atoms in total. The van der Waals surface area contributed by atoms with Gasteiger partial charge in [0.2, 0.25) is 0 Å². The van der Waals surface area contributed by atoms with Gasteiger partial charge in [-0.3, -0.25) is 14.4 Å². The van der Waals surface area contributed by atoms with Crippen LogP contribution in [0.4, 0.5) is 0 Å². The fourth-order valence-electron chi connectivity index (χ4n) is 10.5. The zero-order valence-electron chi connectivity index (χ0n) is 54.8. The lowest BCUT2D eigenvalue weighted by Crippen LogP contribution is -2.30. The van der Waals surface area contributed by atoms with Crippen LogP contribution in [0.3, 0.4) is 0 Å². The second-order valence-corrected chi connectivity index (χ2v) is 24.1. The zero-order valence-corrected chi connectivity index (χ0v) is 54.8. The number of ether oxygens (including phenoxy) is 3. The van der Waals surface area contributed by atoms with Gasteiger partial charge in [-0.2, -0.15) is 0 Å². The Hall–Kier alpha value is -3.15. The molecular weight excluding hydrogens is 1010 g/mol. The van der Waals surface area contributed by atoms with Crippen molar-refractivity contribution < 1.29 is 28.6 Å². The van der Waals surface area contributed by atoms with E-state index in [1.807, 2.05) is 0 Å². The molecule has 0 heterocycles. The van der Waals surface area contributed by atoms with Crippen LogP contribution in [0.5, 0.6) is 0 Å². The maximum Gasteiger partial charge on any atom is 0.306 e. The lowest BCUT2D eigenvalue weighted by Gasteiger charge is -2.18. The SMILES string of the molecule is CCCCCCC/C=C\C/C=C\C/C=C\CCCCCCCCCCCCC(=O)OCC(COC(=O)CCCCCCC/C=C\CCCCCCC)OC(=O)CCCCCCCCCCCCCCC/C=C\C/C=C\CCCCCCC. The van der Waals surface area contributed by atoms with E-state index < -0.39 is 6.10 Å². The summed E-state index contributed by atoms with van der Waals surface area (Å²) < 4.78 is 17.0. The molecule has 0 rings (SSSR count). The molecule has 0 N–H and O–H groups in total. The first-order valence-corrected chi connectivity index (χ1v) is 35.9. The summed E-state index contributed by atoms with van der Waals surface area (Å²) in [6, 6.07) is 0. The maximum absolute atomic E-state index is 13.0. The van der Waals surface area contributed by atoms with E-state index in [2.05, 4.69) is 93.7 Å². The molecule has 0 aliphatic carbocycles. The Morgan fingerprint density at radius 1 is 0.244 bits per heavy atom. The number of allylic oxidation sites excluding steroid dienone is 12. The van der Waals surface area contributed by atoms with Crippen molar-refractivity contribution in [2.75, 3.05) is 13.2 Å². The van der Waals surface area contributed by atoms with E-state index in [9.17, 15) is 14.4 Å². The van der Waals surface area contributed by atoms with Crippen molar-refractivity contribution in [3.8, 4) is 0 Å². The molecule has 6 heteroatoms. The summed E-state index contributed by atoms with van der Waals surface area (Å²) in [5.41, 5.74) is 0. The first kappa shape index (κ1) is 78.8. The number of esters is 3. The highest BCUT2D eigenvalue weighted by molar-refractivity contribution is 5.71. The van der Waals surface area contributed by atoms with Crippen LogP contribution < -0.4 is 0 Å². The highest BCUT2D eigenvalue weighted by Gasteiger charge is 2.19. The average Bonchev–Trinajstić information content (AvgIpc) is 3.47. The van der Waals surface area contributed by atoms with Crippen LogP contribution >= 0.6 is 0 Å². The van der Waals surface area contributed by atoms with Crippen LogP contribution in [0, 0.1) is 0 Å².